The summed E-state index contributed by atoms with van der Waals surface area (Å²) in [5, 5.41) is 0. The zero-order valence-electron chi connectivity index (χ0n) is 11.2. The van der Waals surface area contributed by atoms with Crippen LogP contribution in [-0.4, -0.2) is 25.5 Å². The number of carbonyl (C=O) groups excluding carboxylic acids is 2. The first-order valence-electron chi connectivity index (χ1n) is 5.83. The van der Waals surface area contributed by atoms with Crippen molar-refractivity contribution in [3.05, 3.63) is 29.3 Å². The maximum Gasteiger partial charge on any atom is 0.306 e. The van der Waals surface area contributed by atoms with Gasteiger partial charge in [-0.1, -0.05) is 6.92 Å². The minimum atomic E-state index is -1.73. The third-order valence-electron chi connectivity index (χ3n) is 2.68. The van der Waals surface area contributed by atoms with Crippen molar-refractivity contribution in [1.82, 2.24) is 0 Å². The monoisotopic (exact) mass is 308 g/mol. The van der Waals surface area contributed by atoms with E-state index in [0.29, 0.717) is 0 Å². The van der Waals surface area contributed by atoms with Gasteiger partial charge in [0.1, 0.15) is 6.61 Å². The van der Waals surface area contributed by atoms with Gasteiger partial charge in [0.25, 0.3) is 0 Å². The van der Waals surface area contributed by atoms with Crippen LogP contribution in [0.2, 0.25) is 0 Å². The molecule has 1 rings (SSSR count). The highest BCUT2D eigenvalue weighted by Gasteiger charge is 2.23. The highest BCUT2D eigenvalue weighted by Crippen LogP contribution is 2.26. The van der Waals surface area contributed by atoms with Crippen LogP contribution in [0, 0.1) is 29.2 Å². The van der Waals surface area contributed by atoms with Gasteiger partial charge in [-0.25, -0.2) is 8.78 Å². The lowest BCUT2D eigenvalue weighted by Crippen LogP contribution is -2.23. The number of rotatable bonds is 6. The Balaban J connectivity index is 2.76. The highest BCUT2D eigenvalue weighted by molar-refractivity contribution is 5.86. The van der Waals surface area contributed by atoms with E-state index in [1.165, 1.54) is 6.92 Å². The van der Waals surface area contributed by atoms with Gasteiger partial charge in [0.2, 0.25) is 11.6 Å². The molecule has 0 bridgehead atoms. The first kappa shape index (κ1) is 16.9. The average Bonchev–Trinajstić information content (AvgIpc) is 2.44. The first-order chi connectivity index (χ1) is 9.77. The summed E-state index contributed by atoms with van der Waals surface area (Å²) >= 11 is 0. The van der Waals surface area contributed by atoms with Gasteiger partial charge in [0.05, 0.1) is 13.5 Å². The van der Waals surface area contributed by atoms with E-state index in [1.807, 2.05) is 0 Å². The van der Waals surface area contributed by atoms with E-state index in [4.69, 9.17) is 0 Å². The van der Waals surface area contributed by atoms with Gasteiger partial charge in [0, 0.05) is 12.0 Å². The molecule has 0 N–H and O–H groups in total. The minimum Gasteiger partial charge on any atom is -0.480 e. The average molecular weight is 308 g/mol. The molecule has 0 saturated carbocycles. The molecule has 0 radical (unpaired) electrons. The molecule has 1 aromatic rings. The molecule has 1 aromatic carbocycles. The summed E-state index contributed by atoms with van der Waals surface area (Å²) < 4.78 is 61.2. The number of carbonyl (C=O) groups is 2. The second-order valence-corrected chi connectivity index (χ2v) is 4.23. The predicted molar refractivity (Wildman–Crippen MR) is 62.6 cm³/mol. The van der Waals surface area contributed by atoms with E-state index < -0.39 is 53.3 Å². The fourth-order valence-electron chi connectivity index (χ4n) is 1.41. The van der Waals surface area contributed by atoms with Gasteiger partial charge in [-0.05, 0) is 0 Å². The fraction of sp³-hybridized carbons (Fsp3) is 0.385. The van der Waals surface area contributed by atoms with E-state index in [1.54, 1.807) is 0 Å². The maximum absolute atomic E-state index is 13.3. The van der Waals surface area contributed by atoms with E-state index in [0.717, 1.165) is 7.11 Å². The van der Waals surface area contributed by atoms with Crippen molar-refractivity contribution in [1.29, 1.82) is 0 Å². The molecule has 0 spiro atoms. The van der Waals surface area contributed by atoms with Crippen LogP contribution in [0.25, 0.3) is 0 Å². The van der Waals surface area contributed by atoms with Crippen LogP contribution in [0.1, 0.15) is 13.3 Å². The van der Waals surface area contributed by atoms with Crippen molar-refractivity contribution in [2.24, 2.45) is 5.92 Å². The first-order valence-corrected chi connectivity index (χ1v) is 5.83. The van der Waals surface area contributed by atoms with Crippen LogP contribution in [0.4, 0.5) is 17.6 Å². The Kier molecular flexibility index (Phi) is 5.69. The van der Waals surface area contributed by atoms with Gasteiger partial charge in [-0.2, -0.15) is 8.78 Å². The maximum atomic E-state index is 13.3. The van der Waals surface area contributed by atoms with E-state index in [-0.39, 0.29) is 12.5 Å². The summed E-state index contributed by atoms with van der Waals surface area (Å²) in [5.74, 6) is -10.2. The Morgan fingerprint density at radius 3 is 2.14 bits per heavy atom. The van der Waals surface area contributed by atoms with Crippen LogP contribution in [0.3, 0.4) is 0 Å². The molecular weight excluding hydrogens is 296 g/mol. The molecule has 0 aromatic heterocycles. The Morgan fingerprint density at radius 2 is 1.67 bits per heavy atom. The number of methoxy groups -OCH3 is 1. The number of hydrogen-bond donors (Lipinski definition) is 0. The molecule has 0 fully saturated rings. The molecule has 0 heterocycles. The summed E-state index contributed by atoms with van der Waals surface area (Å²) in [5.41, 5.74) is 0. The van der Waals surface area contributed by atoms with Crippen molar-refractivity contribution in [3.63, 3.8) is 0 Å². The second kappa shape index (κ2) is 7.05. The van der Waals surface area contributed by atoms with Crippen LogP contribution < -0.4 is 4.74 Å². The number of esters is 1. The third kappa shape index (κ3) is 4.17. The summed E-state index contributed by atoms with van der Waals surface area (Å²) in [6, 6.07) is 0.0270. The molecule has 0 amide bonds. The van der Waals surface area contributed by atoms with E-state index in [9.17, 15) is 27.2 Å². The Bertz CT molecular complexity index is 533. The van der Waals surface area contributed by atoms with Gasteiger partial charge in [0.15, 0.2) is 23.2 Å². The van der Waals surface area contributed by atoms with Crippen LogP contribution in [0.5, 0.6) is 5.75 Å². The van der Waals surface area contributed by atoms with Crippen molar-refractivity contribution < 1.29 is 36.6 Å². The zero-order chi connectivity index (χ0) is 16.2. The Labute approximate surface area is 117 Å². The lowest BCUT2D eigenvalue weighted by Gasteiger charge is -2.12. The molecule has 0 aliphatic heterocycles. The van der Waals surface area contributed by atoms with E-state index >= 15 is 0 Å². The van der Waals surface area contributed by atoms with Crippen LogP contribution >= 0.6 is 0 Å². The zero-order valence-corrected chi connectivity index (χ0v) is 11.2. The van der Waals surface area contributed by atoms with Gasteiger partial charge < -0.3 is 9.47 Å². The number of ketones is 1. The third-order valence-corrected chi connectivity index (χ3v) is 2.68. The van der Waals surface area contributed by atoms with Crippen molar-refractivity contribution in [2.45, 2.75) is 13.3 Å². The quantitative estimate of drug-likeness (QED) is 0.460. The second-order valence-electron chi connectivity index (χ2n) is 4.23. The van der Waals surface area contributed by atoms with Gasteiger partial charge >= 0.3 is 5.97 Å². The summed E-state index contributed by atoms with van der Waals surface area (Å²) in [4.78, 5) is 22.6. The summed E-state index contributed by atoms with van der Waals surface area (Å²) in [7, 11) is 1.14. The summed E-state index contributed by atoms with van der Waals surface area (Å²) in [6.07, 6.45) is -0.249. The molecule has 8 heteroatoms. The van der Waals surface area contributed by atoms with Crippen LogP contribution in [0.15, 0.2) is 6.07 Å². The van der Waals surface area contributed by atoms with Crippen molar-refractivity contribution >= 4 is 11.8 Å². The number of ether oxygens (including phenoxy) is 2. The van der Waals surface area contributed by atoms with Crippen molar-refractivity contribution in [2.75, 3.05) is 13.7 Å². The molecule has 4 nitrogen and oxygen atoms in total. The molecule has 116 valence electrons. The van der Waals surface area contributed by atoms with E-state index in [2.05, 4.69) is 9.47 Å². The molecule has 1 atom stereocenters. The standard InChI is InChI=1S/C13H12F4O4/c1-6(3-10(19)20-2)9(18)5-21-13-11(16)7(14)4-8(15)12(13)17/h4,6H,3,5H2,1-2H3. The SMILES string of the molecule is COC(=O)CC(C)C(=O)COc1c(F)c(F)cc(F)c1F. The fourth-order valence-corrected chi connectivity index (χ4v) is 1.41. The number of benzene rings is 1. The molecule has 0 saturated heterocycles. The Hall–Kier alpha value is -2.12. The van der Waals surface area contributed by atoms with Crippen LogP contribution in [-0.2, 0) is 14.3 Å². The molecule has 0 aliphatic rings. The Morgan fingerprint density at radius 1 is 1.14 bits per heavy atom. The molecule has 1 unspecified atom stereocenters. The van der Waals surface area contributed by atoms with Gasteiger partial charge in [-0.3, -0.25) is 9.59 Å². The lowest BCUT2D eigenvalue weighted by molar-refractivity contribution is -0.143. The lowest BCUT2D eigenvalue weighted by atomic mass is 10.0. The minimum absolute atomic E-state index is 0.0270. The predicted octanol–water partition coefficient (Wildman–Crippen LogP) is 2.39. The number of Topliss-reactive ketones (excluding diaryl/α,β-unsaturated/α-hetero) is 1. The summed E-state index contributed by atoms with van der Waals surface area (Å²) in [6.45, 7) is 0.538. The molecule has 0 aliphatic carbocycles. The normalized spacial score (nSPS) is 11.9. The molecular formula is C13H12F4O4. The smallest absolute Gasteiger partial charge is 0.306 e. The topological polar surface area (TPSA) is 52.6 Å². The molecule has 21 heavy (non-hydrogen) atoms. The number of halogens is 4. The van der Waals surface area contributed by atoms with Gasteiger partial charge in [-0.15, -0.1) is 0 Å². The highest BCUT2D eigenvalue weighted by atomic mass is 19.2. The largest absolute Gasteiger partial charge is 0.480 e. The number of hydrogen-bond acceptors (Lipinski definition) is 4. The van der Waals surface area contributed by atoms with Crippen molar-refractivity contribution in [3.8, 4) is 5.75 Å².